The topological polar surface area (TPSA) is 26.3 Å². The Morgan fingerprint density at radius 3 is 2.82 bits per heavy atom. The number of hydrogen-bond donors (Lipinski definition) is 0. The highest BCUT2D eigenvalue weighted by Crippen LogP contribution is 2.28. The van der Waals surface area contributed by atoms with Gasteiger partial charge in [0.2, 0.25) is 0 Å². The summed E-state index contributed by atoms with van der Waals surface area (Å²) < 4.78 is 4.98. The van der Waals surface area contributed by atoms with Gasteiger partial charge >= 0.3 is 0 Å². The molecule has 0 amide bonds. The van der Waals surface area contributed by atoms with Crippen LogP contribution in [-0.4, -0.2) is 24.1 Å². The van der Waals surface area contributed by atoms with E-state index in [0.29, 0.717) is 11.7 Å². The van der Waals surface area contributed by atoms with Crippen LogP contribution in [0.4, 0.5) is 0 Å². The predicted octanol–water partition coefficient (Wildman–Crippen LogP) is 1.83. The first-order valence-corrected chi connectivity index (χ1v) is 5.29. The van der Waals surface area contributed by atoms with E-state index in [9.17, 15) is 4.79 Å². The second kappa shape index (κ2) is 4.65. The maximum absolute atomic E-state index is 10.1. The van der Waals surface area contributed by atoms with Crippen molar-refractivity contribution < 1.29 is 9.53 Å². The summed E-state index contributed by atoms with van der Waals surface area (Å²) >= 11 is 1.81. The lowest BCUT2D eigenvalue weighted by molar-refractivity contribution is -0.134. The van der Waals surface area contributed by atoms with E-state index >= 15 is 0 Å². The summed E-state index contributed by atoms with van der Waals surface area (Å²) in [4.78, 5) is 10.1. The molecule has 64 valence electrons. The van der Waals surface area contributed by atoms with Crippen LogP contribution in [0.1, 0.15) is 25.7 Å². The molecule has 0 aromatic heterocycles. The summed E-state index contributed by atoms with van der Waals surface area (Å²) in [5.41, 5.74) is 0. The van der Waals surface area contributed by atoms with Crippen LogP contribution in [0.2, 0.25) is 0 Å². The van der Waals surface area contributed by atoms with Gasteiger partial charge < -0.3 is 4.74 Å². The normalized spacial score (nSPS) is 31.4. The number of hydrogen-bond acceptors (Lipinski definition) is 3. The van der Waals surface area contributed by atoms with Gasteiger partial charge in [0.25, 0.3) is 6.47 Å². The van der Waals surface area contributed by atoms with Crippen LogP contribution < -0.4 is 0 Å². The van der Waals surface area contributed by atoms with E-state index in [2.05, 4.69) is 6.26 Å². The molecular weight excluding hydrogens is 160 g/mol. The van der Waals surface area contributed by atoms with Gasteiger partial charge in [0.1, 0.15) is 6.10 Å². The zero-order chi connectivity index (χ0) is 8.10. The highest BCUT2D eigenvalue weighted by Gasteiger charge is 2.24. The monoisotopic (exact) mass is 174 g/mol. The molecule has 2 unspecified atom stereocenters. The second-order valence-corrected chi connectivity index (χ2v) is 3.91. The van der Waals surface area contributed by atoms with Gasteiger partial charge in [0, 0.05) is 5.25 Å². The Bertz CT molecular complexity index is 127. The average molecular weight is 174 g/mol. The quantitative estimate of drug-likeness (QED) is 0.611. The Hall–Kier alpha value is -0.180. The number of rotatable bonds is 3. The van der Waals surface area contributed by atoms with Crippen molar-refractivity contribution >= 4 is 18.2 Å². The third-order valence-corrected chi connectivity index (χ3v) is 3.32. The van der Waals surface area contributed by atoms with Crippen LogP contribution in [0, 0.1) is 0 Å². The van der Waals surface area contributed by atoms with Gasteiger partial charge in [-0.3, -0.25) is 4.79 Å². The van der Waals surface area contributed by atoms with E-state index in [0.717, 1.165) is 6.42 Å². The molecule has 0 spiro atoms. The van der Waals surface area contributed by atoms with Crippen LogP contribution in [-0.2, 0) is 9.53 Å². The van der Waals surface area contributed by atoms with Crippen molar-refractivity contribution in [3.05, 3.63) is 0 Å². The molecule has 2 atom stereocenters. The fourth-order valence-electron chi connectivity index (χ4n) is 1.56. The Morgan fingerprint density at radius 2 is 2.18 bits per heavy atom. The van der Waals surface area contributed by atoms with Gasteiger partial charge in [-0.2, -0.15) is 11.8 Å². The Morgan fingerprint density at radius 1 is 1.45 bits per heavy atom. The molecule has 3 heteroatoms. The molecular formula is C8H14O2S. The lowest BCUT2D eigenvalue weighted by Crippen LogP contribution is -2.29. The second-order valence-electron chi connectivity index (χ2n) is 2.83. The van der Waals surface area contributed by atoms with E-state index in [-0.39, 0.29) is 6.10 Å². The van der Waals surface area contributed by atoms with Gasteiger partial charge in [-0.15, -0.1) is 0 Å². The fraction of sp³-hybridized carbons (Fsp3) is 0.875. The van der Waals surface area contributed by atoms with Crippen molar-refractivity contribution in [1.82, 2.24) is 0 Å². The third-order valence-electron chi connectivity index (χ3n) is 2.18. The molecule has 0 heterocycles. The number of carbonyl (C=O) groups is 1. The van der Waals surface area contributed by atoms with Crippen molar-refractivity contribution in [1.29, 1.82) is 0 Å². The zero-order valence-electron chi connectivity index (χ0n) is 6.79. The molecule has 11 heavy (non-hydrogen) atoms. The maximum atomic E-state index is 10.1. The van der Waals surface area contributed by atoms with Crippen molar-refractivity contribution in [2.24, 2.45) is 0 Å². The SMILES string of the molecule is CSC1CCCCC1OC=O. The van der Waals surface area contributed by atoms with Crippen LogP contribution >= 0.6 is 11.8 Å². The Kier molecular flexibility index (Phi) is 3.77. The number of thioether (sulfide) groups is 1. The summed E-state index contributed by atoms with van der Waals surface area (Å²) in [6.45, 7) is 0.583. The van der Waals surface area contributed by atoms with Gasteiger partial charge in [-0.1, -0.05) is 6.42 Å². The standard InChI is InChI=1S/C8H14O2S/c1-11-8-5-3-2-4-7(8)10-6-9/h6-8H,2-5H2,1H3. The molecule has 0 bridgehead atoms. The minimum absolute atomic E-state index is 0.177. The van der Waals surface area contributed by atoms with E-state index in [1.807, 2.05) is 11.8 Å². The fourth-order valence-corrected chi connectivity index (χ4v) is 2.47. The molecule has 1 aliphatic rings. The lowest BCUT2D eigenvalue weighted by Gasteiger charge is -2.28. The first-order valence-electron chi connectivity index (χ1n) is 4.00. The summed E-state index contributed by atoms with van der Waals surface area (Å²) in [6.07, 6.45) is 6.98. The summed E-state index contributed by atoms with van der Waals surface area (Å²) in [6, 6.07) is 0. The molecule has 0 aromatic carbocycles. The molecule has 0 aromatic rings. The van der Waals surface area contributed by atoms with Gasteiger partial charge in [-0.25, -0.2) is 0 Å². The first-order chi connectivity index (χ1) is 5.38. The van der Waals surface area contributed by atoms with E-state index < -0.39 is 0 Å². The summed E-state index contributed by atoms with van der Waals surface area (Å²) in [5.74, 6) is 0. The van der Waals surface area contributed by atoms with Crippen LogP contribution in [0.3, 0.4) is 0 Å². The number of carbonyl (C=O) groups excluding carboxylic acids is 1. The minimum Gasteiger partial charge on any atom is -0.463 e. The molecule has 1 saturated carbocycles. The van der Waals surface area contributed by atoms with E-state index in [1.165, 1.54) is 19.3 Å². The van der Waals surface area contributed by atoms with Crippen molar-refractivity contribution in [3.63, 3.8) is 0 Å². The maximum Gasteiger partial charge on any atom is 0.293 e. The molecule has 0 N–H and O–H groups in total. The average Bonchev–Trinajstić information content (AvgIpc) is 2.06. The Balaban J connectivity index is 2.37. The Labute approximate surface area is 71.7 Å². The molecule has 1 aliphatic carbocycles. The first kappa shape index (κ1) is 8.91. The third kappa shape index (κ3) is 2.40. The van der Waals surface area contributed by atoms with Crippen LogP contribution in [0.15, 0.2) is 0 Å². The van der Waals surface area contributed by atoms with E-state index in [1.54, 1.807) is 0 Å². The van der Waals surface area contributed by atoms with Crippen molar-refractivity contribution in [3.8, 4) is 0 Å². The largest absolute Gasteiger partial charge is 0.463 e. The van der Waals surface area contributed by atoms with Crippen molar-refractivity contribution in [2.75, 3.05) is 6.26 Å². The lowest BCUT2D eigenvalue weighted by atomic mass is 9.97. The molecule has 2 nitrogen and oxygen atoms in total. The zero-order valence-corrected chi connectivity index (χ0v) is 7.60. The molecule has 1 fully saturated rings. The smallest absolute Gasteiger partial charge is 0.293 e. The molecule has 0 saturated heterocycles. The molecule has 0 radical (unpaired) electrons. The van der Waals surface area contributed by atoms with Gasteiger partial charge in [0.15, 0.2) is 0 Å². The highest BCUT2D eigenvalue weighted by atomic mass is 32.2. The van der Waals surface area contributed by atoms with E-state index in [4.69, 9.17) is 4.74 Å². The van der Waals surface area contributed by atoms with Crippen molar-refractivity contribution in [2.45, 2.75) is 37.0 Å². The predicted molar refractivity (Wildman–Crippen MR) is 46.7 cm³/mol. The summed E-state index contributed by atoms with van der Waals surface area (Å²) in [5, 5.41) is 0.536. The van der Waals surface area contributed by atoms with Crippen LogP contribution in [0.5, 0.6) is 0 Å². The molecule has 0 aliphatic heterocycles. The highest BCUT2D eigenvalue weighted by molar-refractivity contribution is 7.99. The van der Waals surface area contributed by atoms with Gasteiger partial charge in [0.05, 0.1) is 0 Å². The summed E-state index contributed by atoms with van der Waals surface area (Å²) in [7, 11) is 0. The van der Waals surface area contributed by atoms with Crippen LogP contribution in [0.25, 0.3) is 0 Å². The van der Waals surface area contributed by atoms with Gasteiger partial charge in [-0.05, 0) is 25.5 Å². The minimum atomic E-state index is 0.177. The molecule has 1 rings (SSSR count). The number of ether oxygens (including phenoxy) is 1.